The summed E-state index contributed by atoms with van der Waals surface area (Å²) in [5.74, 6) is 0. The minimum Gasteiger partial charge on any atom is -0.253 e. The molecule has 0 atom stereocenters. The van der Waals surface area contributed by atoms with Crippen LogP contribution in [-0.2, 0) is 25.7 Å². The number of nitrogens with zero attached hydrogens (tertiary/aromatic N) is 1. The minimum atomic E-state index is 0.902. The molecule has 0 radical (unpaired) electrons. The van der Waals surface area contributed by atoms with Crippen LogP contribution in [0.3, 0.4) is 0 Å². The highest BCUT2D eigenvalue weighted by atomic mass is 14.7. The van der Waals surface area contributed by atoms with Crippen molar-refractivity contribution in [3.63, 3.8) is 0 Å². The van der Waals surface area contributed by atoms with Crippen LogP contribution in [0.1, 0.15) is 140 Å². The fraction of sp³-hybridized carbons (Fsp3) is 0.438. The van der Waals surface area contributed by atoms with Crippen molar-refractivity contribution >= 4 is 17.5 Å². The Labute approximate surface area is 300 Å². The van der Waals surface area contributed by atoms with E-state index in [0.717, 1.165) is 37.8 Å². The van der Waals surface area contributed by atoms with Crippen LogP contribution in [0, 0.1) is 0 Å². The Morgan fingerprint density at radius 1 is 0.571 bits per heavy atom. The second-order valence-corrected chi connectivity index (χ2v) is 13.9. The van der Waals surface area contributed by atoms with Crippen LogP contribution in [-0.4, -0.2) is 5.71 Å². The fourth-order valence-electron chi connectivity index (χ4n) is 7.25. The molecule has 0 heterocycles. The van der Waals surface area contributed by atoms with Crippen molar-refractivity contribution in [2.75, 3.05) is 0 Å². The molecular formula is C48H63N. The zero-order chi connectivity index (χ0) is 34.8. The van der Waals surface area contributed by atoms with E-state index in [-0.39, 0.29) is 0 Å². The van der Waals surface area contributed by atoms with Crippen LogP contribution in [0.4, 0.5) is 5.69 Å². The van der Waals surface area contributed by atoms with Crippen LogP contribution < -0.4 is 0 Å². The fourth-order valence-corrected chi connectivity index (χ4v) is 7.25. The Balaban J connectivity index is 1.76. The number of aryl methyl sites for hydroxylation is 3. The summed E-state index contributed by atoms with van der Waals surface area (Å²) < 4.78 is 0. The molecule has 0 saturated heterocycles. The lowest BCUT2D eigenvalue weighted by Gasteiger charge is -2.18. The minimum absolute atomic E-state index is 0.902. The molecule has 4 aromatic rings. The predicted molar refractivity (Wildman–Crippen MR) is 218 cm³/mol. The van der Waals surface area contributed by atoms with Gasteiger partial charge < -0.3 is 0 Å². The summed E-state index contributed by atoms with van der Waals surface area (Å²) in [6.07, 6.45) is 20.4. The standard InChI is InChI=1S/C48H63N/c1-7-12-15-16-17-20-30-42-35-44(36-46(45(42)31-14-9-3)40-26-21-18-22-27-40)49-47(11-5)37(6)32-38-33-39(10-4)48(41-28-23-19-24-29-41)43(34-38)25-13-8-2/h18-19,21-24,26-29,32-36H,7-17,20,25,30-31H2,1-6H3. The maximum absolute atomic E-state index is 5.44. The molecule has 0 aliphatic carbocycles. The van der Waals surface area contributed by atoms with E-state index in [0.29, 0.717) is 0 Å². The van der Waals surface area contributed by atoms with Gasteiger partial charge in [-0.25, -0.2) is 0 Å². The summed E-state index contributed by atoms with van der Waals surface area (Å²) >= 11 is 0. The van der Waals surface area contributed by atoms with Crippen molar-refractivity contribution in [3.05, 3.63) is 118 Å². The lowest BCUT2D eigenvalue weighted by Crippen LogP contribution is -2.02. The van der Waals surface area contributed by atoms with E-state index in [1.165, 1.54) is 126 Å². The van der Waals surface area contributed by atoms with Gasteiger partial charge in [-0.3, -0.25) is 4.99 Å². The van der Waals surface area contributed by atoms with Gasteiger partial charge in [-0.15, -0.1) is 0 Å². The third-order valence-electron chi connectivity index (χ3n) is 10.00. The highest BCUT2D eigenvalue weighted by Gasteiger charge is 2.15. The van der Waals surface area contributed by atoms with Crippen molar-refractivity contribution in [3.8, 4) is 22.3 Å². The van der Waals surface area contributed by atoms with Crippen LogP contribution in [0.2, 0.25) is 0 Å². The number of aliphatic imine (C=N–C) groups is 1. The second-order valence-electron chi connectivity index (χ2n) is 13.9. The summed E-state index contributed by atoms with van der Waals surface area (Å²) in [5.41, 5.74) is 16.2. The number of rotatable bonds is 20. The van der Waals surface area contributed by atoms with E-state index < -0.39 is 0 Å². The largest absolute Gasteiger partial charge is 0.253 e. The molecule has 4 rings (SSSR count). The average molecular weight is 654 g/mol. The molecule has 0 amide bonds. The zero-order valence-corrected chi connectivity index (χ0v) is 31.7. The Morgan fingerprint density at radius 2 is 1.16 bits per heavy atom. The molecule has 0 aromatic heterocycles. The predicted octanol–water partition coefficient (Wildman–Crippen LogP) is 14.8. The van der Waals surface area contributed by atoms with Gasteiger partial charge >= 0.3 is 0 Å². The molecule has 0 fully saturated rings. The first-order chi connectivity index (χ1) is 24.0. The number of hydrogen-bond donors (Lipinski definition) is 0. The van der Waals surface area contributed by atoms with Gasteiger partial charge in [0.1, 0.15) is 0 Å². The first kappa shape index (κ1) is 38.1. The monoisotopic (exact) mass is 653 g/mol. The molecule has 0 unspecified atom stereocenters. The highest BCUT2D eigenvalue weighted by molar-refractivity contribution is 6.04. The third-order valence-corrected chi connectivity index (χ3v) is 10.00. The topological polar surface area (TPSA) is 12.4 Å². The molecule has 49 heavy (non-hydrogen) atoms. The van der Waals surface area contributed by atoms with Crippen LogP contribution in [0.15, 0.2) is 95.5 Å². The molecule has 0 bridgehead atoms. The van der Waals surface area contributed by atoms with E-state index in [1.54, 1.807) is 0 Å². The Hall–Kier alpha value is -3.71. The molecule has 0 aliphatic rings. The average Bonchev–Trinajstić information content (AvgIpc) is 3.14. The van der Waals surface area contributed by atoms with Crippen molar-refractivity contribution in [2.45, 2.75) is 138 Å². The molecule has 260 valence electrons. The molecule has 0 saturated carbocycles. The number of allylic oxidation sites excluding steroid dienone is 1. The van der Waals surface area contributed by atoms with E-state index in [4.69, 9.17) is 4.99 Å². The molecule has 1 heteroatoms. The lowest BCUT2D eigenvalue weighted by molar-refractivity contribution is 0.606. The van der Waals surface area contributed by atoms with E-state index >= 15 is 0 Å². The van der Waals surface area contributed by atoms with Gasteiger partial charge in [-0.2, -0.15) is 0 Å². The number of unbranched alkanes of at least 4 members (excludes halogenated alkanes) is 7. The van der Waals surface area contributed by atoms with Gasteiger partial charge in [0.25, 0.3) is 0 Å². The van der Waals surface area contributed by atoms with Crippen LogP contribution >= 0.6 is 0 Å². The maximum Gasteiger partial charge on any atom is 0.0642 e. The quantitative estimate of drug-likeness (QED) is 0.0665. The normalized spacial score (nSPS) is 12.1. The highest BCUT2D eigenvalue weighted by Crippen LogP contribution is 2.35. The smallest absolute Gasteiger partial charge is 0.0642 e. The first-order valence-corrected chi connectivity index (χ1v) is 19.7. The first-order valence-electron chi connectivity index (χ1n) is 19.7. The second kappa shape index (κ2) is 20.7. The van der Waals surface area contributed by atoms with E-state index in [2.05, 4.69) is 133 Å². The molecular weight excluding hydrogens is 591 g/mol. The van der Waals surface area contributed by atoms with Gasteiger partial charge in [0.15, 0.2) is 0 Å². The van der Waals surface area contributed by atoms with Crippen molar-refractivity contribution < 1.29 is 0 Å². The van der Waals surface area contributed by atoms with Gasteiger partial charge in [0.05, 0.1) is 5.69 Å². The Morgan fingerprint density at radius 3 is 1.82 bits per heavy atom. The Kier molecular flexibility index (Phi) is 16.1. The number of benzene rings is 4. The number of hydrogen-bond acceptors (Lipinski definition) is 1. The van der Waals surface area contributed by atoms with Gasteiger partial charge in [0.2, 0.25) is 0 Å². The lowest BCUT2D eigenvalue weighted by atomic mass is 9.88. The molecule has 1 nitrogen and oxygen atoms in total. The summed E-state index contributed by atoms with van der Waals surface area (Å²) in [6.45, 7) is 13.7. The SMILES string of the molecule is CCCCCCCCc1cc(N=C(CC)C(C)=Cc2cc(CC)c(-c3ccccc3)c(CCCC)c2)cc(-c2ccccc2)c1CCCC. The van der Waals surface area contributed by atoms with Crippen molar-refractivity contribution in [1.29, 1.82) is 0 Å². The van der Waals surface area contributed by atoms with Crippen LogP contribution in [0.25, 0.3) is 28.3 Å². The van der Waals surface area contributed by atoms with Gasteiger partial charge in [-0.05, 0) is 126 Å². The van der Waals surface area contributed by atoms with Crippen LogP contribution in [0.5, 0.6) is 0 Å². The summed E-state index contributed by atoms with van der Waals surface area (Å²) in [4.78, 5) is 5.44. The van der Waals surface area contributed by atoms with Gasteiger partial charge in [-0.1, -0.05) is 158 Å². The van der Waals surface area contributed by atoms with E-state index in [1.807, 2.05) is 0 Å². The Bertz CT molecular complexity index is 1620. The molecule has 4 aromatic carbocycles. The van der Waals surface area contributed by atoms with Crippen molar-refractivity contribution in [2.24, 2.45) is 4.99 Å². The summed E-state index contributed by atoms with van der Waals surface area (Å²) in [6, 6.07) is 31.7. The maximum atomic E-state index is 5.44. The molecule has 0 spiro atoms. The van der Waals surface area contributed by atoms with Crippen molar-refractivity contribution in [1.82, 2.24) is 0 Å². The summed E-state index contributed by atoms with van der Waals surface area (Å²) in [7, 11) is 0. The van der Waals surface area contributed by atoms with Gasteiger partial charge in [0, 0.05) is 5.71 Å². The third kappa shape index (κ3) is 11.1. The zero-order valence-electron chi connectivity index (χ0n) is 31.7. The summed E-state index contributed by atoms with van der Waals surface area (Å²) in [5, 5.41) is 0. The molecule has 0 N–H and O–H groups in total. The van der Waals surface area contributed by atoms with E-state index in [9.17, 15) is 0 Å². The molecule has 0 aliphatic heterocycles.